The van der Waals surface area contributed by atoms with Crippen LogP contribution in [0, 0.1) is 17.8 Å². The molecule has 1 aliphatic carbocycles. The van der Waals surface area contributed by atoms with Crippen molar-refractivity contribution in [3.8, 4) is 5.75 Å². The number of halogens is 2. The minimum atomic E-state index is -0.737. The van der Waals surface area contributed by atoms with Crippen molar-refractivity contribution >= 4 is 52.7 Å². The zero-order valence-electron chi connectivity index (χ0n) is 22.1. The second kappa shape index (κ2) is 11.8. The van der Waals surface area contributed by atoms with Crippen molar-refractivity contribution < 1.29 is 28.7 Å². The smallest absolute Gasteiger partial charge is 0.343 e. The maximum atomic E-state index is 13.7. The predicted molar refractivity (Wildman–Crippen MR) is 152 cm³/mol. The second-order valence-electron chi connectivity index (χ2n) is 10.3. The highest BCUT2D eigenvalue weighted by molar-refractivity contribution is 6.42. The molecule has 3 aromatic carbocycles. The van der Waals surface area contributed by atoms with E-state index >= 15 is 0 Å². The van der Waals surface area contributed by atoms with E-state index in [2.05, 4.69) is 0 Å². The molecule has 0 N–H and O–H groups in total. The Hall–Kier alpha value is -4.01. The average Bonchev–Trinajstić information content (AvgIpc) is 3.22. The number of hydrogen-bond acceptors (Lipinski definition) is 6. The molecule has 1 heterocycles. The quantitative estimate of drug-likeness (QED) is 0.147. The Balaban J connectivity index is 1.39. The van der Waals surface area contributed by atoms with Crippen LogP contribution in [0.1, 0.15) is 57.3 Å². The third-order valence-electron chi connectivity index (χ3n) is 7.50. The lowest BCUT2D eigenvalue weighted by Gasteiger charge is -2.30. The van der Waals surface area contributed by atoms with Crippen LogP contribution in [0.3, 0.4) is 0 Å². The Kier molecular flexibility index (Phi) is 8.24. The van der Waals surface area contributed by atoms with Crippen molar-refractivity contribution in [2.24, 2.45) is 17.8 Å². The summed E-state index contributed by atoms with van der Waals surface area (Å²) in [6.45, 7) is 1.45. The summed E-state index contributed by atoms with van der Waals surface area (Å²) >= 11 is 12.2. The molecule has 0 radical (unpaired) electrons. The van der Waals surface area contributed by atoms with E-state index in [1.807, 2.05) is 6.92 Å². The topological polar surface area (TPSA) is 101 Å². The van der Waals surface area contributed by atoms with Crippen molar-refractivity contribution in [1.82, 2.24) is 10.0 Å². The molecule has 0 bridgehead atoms. The number of carbonyl (C=O) groups excluding carboxylic acids is 5. The maximum Gasteiger partial charge on any atom is 0.343 e. The number of ketones is 1. The van der Waals surface area contributed by atoms with Crippen LogP contribution in [0.5, 0.6) is 5.75 Å². The van der Waals surface area contributed by atoms with Gasteiger partial charge in [-0.2, -0.15) is 5.01 Å². The molecule has 210 valence electrons. The number of rotatable bonds is 7. The molecule has 2 fully saturated rings. The van der Waals surface area contributed by atoms with Gasteiger partial charge in [0.05, 0.1) is 27.4 Å². The first-order valence-electron chi connectivity index (χ1n) is 13.2. The van der Waals surface area contributed by atoms with Gasteiger partial charge in [-0.1, -0.05) is 48.3 Å². The fraction of sp³-hybridized carbons (Fsp3) is 0.258. The third-order valence-corrected chi connectivity index (χ3v) is 8.24. The van der Waals surface area contributed by atoms with Crippen molar-refractivity contribution in [3.63, 3.8) is 0 Å². The van der Waals surface area contributed by atoms with Crippen molar-refractivity contribution in [1.29, 1.82) is 0 Å². The van der Waals surface area contributed by atoms with Gasteiger partial charge >= 0.3 is 5.97 Å². The first-order valence-corrected chi connectivity index (χ1v) is 13.9. The molecular weight excluding hydrogens is 567 g/mol. The van der Waals surface area contributed by atoms with Crippen molar-refractivity contribution in [2.45, 2.75) is 26.2 Å². The highest BCUT2D eigenvalue weighted by Crippen LogP contribution is 2.41. The van der Waals surface area contributed by atoms with Crippen LogP contribution in [0.4, 0.5) is 0 Å². The standard InChI is InChI=1S/C31H26Cl2N2O6/c1-18-7-13-23-24(15-18)30(39)35(29(23)38)34(28(37)21-10-14-25(32)26(33)16-21)17-27(36)19-8-11-22(12-9-19)41-31(40)20-5-3-2-4-6-20/h2-6,8-12,14,16,18,23-24H,7,13,15,17H2,1H3/t18-,23+,24-/m1/s1. The summed E-state index contributed by atoms with van der Waals surface area (Å²) in [6.07, 6.45) is 1.88. The Morgan fingerprint density at radius 3 is 2.17 bits per heavy atom. The molecule has 1 aliphatic heterocycles. The zero-order chi connectivity index (χ0) is 29.3. The molecule has 8 nitrogen and oxygen atoms in total. The molecule has 0 spiro atoms. The zero-order valence-corrected chi connectivity index (χ0v) is 23.6. The van der Waals surface area contributed by atoms with Crippen molar-refractivity contribution in [2.75, 3.05) is 6.54 Å². The molecule has 0 unspecified atom stereocenters. The van der Waals surface area contributed by atoms with E-state index in [0.29, 0.717) is 18.4 Å². The van der Waals surface area contributed by atoms with Crippen LogP contribution in [0.25, 0.3) is 0 Å². The third kappa shape index (κ3) is 5.89. The summed E-state index contributed by atoms with van der Waals surface area (Å²) in [5.74, 6) is -3.37. The SMILES string of the molecule is C[C@@H]1CC[C@@H]2C(=O)N(N(CC(=O)c3ccc(OC(=O)c4ccccc4)cc3)C(=O)c3ccc(Cl)c(Cl)c3)C(=O)[C@@H]2C1. The normalized spacial score (nSPS) is 20.0. The number of nitrogens with zero attached hydrogens (tertiary/aromatic N) is 2. The predicted octanol–water partition coefficient (Wildman–Crippen LogP) is 5.87. The van der Waals surface area contributed by atoms with Crippen LogP contribution in [0.2, 0.25) is 10.0 Å². The highest BCUT2D eigenvalue weighted by atomic mass is 35.5. The van der Waals surface area contributed by atoms with E-state index < -0.39 is 47.9 Å². The molecule has 2 aliphatic rings. The fourth-order valence-corrected chi connectivity index (χ4v) is 5.60. The van der Waals surface area contributed by atoms with Crippen LogP contribution in [-0.4, -0.2) is 46.0 Å². The Bertz CT molecular complexity index is 1530. The van der Waals surface area contributed by atoms with E-state index in [0.717, 1.165) is 16.4 Å². The van der Waals surface area contributed by atoms with E-state index in [1.54, 1.807) is 30.3 Å². The minimum Gasteiger partial charge on any atom is -0.423 e. The van der Waals surface area contributed by atoms with Crippen LogP contribution < -0.4 is 4.74 Å². The number of fused-ring (bicyclic) bond motifs is 1. The van der Waals surface area contributed by atoms with Crippen LogP contribution >= 0.6 is 23.2 Å². The summed E-state index contributed by atoms with van der Waals surface area (Å²) in [4.78, 5) is 66.4. The molecule has 5 rings (SSSR count). The van der Waals surface area contributed by atoms with E-state index in [1.165, 1.54) is 42.5 Å². The molecule has 10 heteroatoms. The molecule has 41 heavy (non-hydrogen) atoms. The summed E-state index contributed by atoms with van der Waals surface area (Å²) in [6, 6.07) is 18.5. The lowest BCUT2D eigenvalue weighted by Crippen LogP contribution is -2.52. The van der Waals surface area contributed by atoms with Gasteiger partial charge in [0, 0.05) is 11.1 Å². The first kappa shape index (κ1) is 28.5. The largest absolute Gasteiger partial charge is 0.423 e. The number of hydrazine groups is 1. The number of carbonyl (C=O) groups is 5. The van der Waals surface area contributed by atoms with Gasteiger partial charge in [-0.3, -0.25) is 19.2 Å². The van der Waals surface area contributed by atoms with E-state index in [4.69, 9.17) is 27.9 Å². The number of esters is 1. The average molecular weight is 593 g/mol. The fourth-order valence-electron chi connectivity index (χ4n) is 5.30. The van der Waals surface area contributed by atoms with Crippen molar-refractivity contribution in [3.05, 3.63) is 99.5 Å². The molecule has 3 aromatic rings. The van der Waals surface area contributed by atoms with Gasteiger partial charge in [-0.25, -0.2) is 9.80 Å². The number of amides is 3. The number of ether oxygens (including phenoxy) is 1. The molecule has 1 saturated carbocycles. The lowest BCUT2D eigenvalue weighted by atomic mass is 9.76. The van der Waals surface area contributed by atoms with Crippen LogP contribution in [0.15, 0.2) is 72.8 Å². The second-order valence-corrected chi connectivity index (χ2v) is 11.1. The molecule has 0 aromatic heterocycles. The maximum absolute atomic E-state index is 13.7. The Morgan fingerprint density at radius 1 is 0.829 bits per heavy atom. The van der Waals surface area contributed by atoms with Gasteiger partial charge in [0.15, 0.2) is 5.78 Å². The molecule has 1 saturated heterocycles. The number of benzene rings is 3. The van der Waals surface area contributed by atoms with Gasteiger partial charge in [0.25, 0.3) is 17.7 Å². The van der Waals surface area contributed by atoms with Gasteiger partial charge in [-0.15, -0.1) is 0 Å². The minimum absolute atomic E-state index is 0.0687. The number of hydrogen-bond donors (Lipinski definition) is 0. The Labute approximate surface area is 246 Å². The van der Waals surface area contributed by atoms with Gasteiger partial charge in [0.2, 0.25) is 0 Å². The van der Waals surface area contributed by atoms with Gasteiger partial charge < -0.3 is 4.74 Å². The molecular formula is C31H26Cl2N2O6. The summed E-state index contributed by atoms with van der Waals surface area (Å²) in [5, 5.41) is 2.09. The lowest BCUT2D eigenvalue weighted by molar-refractivity contribution is -0.154. The van der Waals surface area contributed by atoms with Gasteiger partial charge in [0.1, 0.15) is 12.3 Å². The summed E-state index contributed by atoms with van der Waals surface area (Å²) in [5.41, 5.74) is 0.639. The summed E-state index contributed by atoms with van der Waals surface area (Å²) in [7, 11) is 0. The number of imide groups is 1. The molecule has 3 amide bonds. The first-order chi connectivity index (χ1) is 19.6. The van der Waals surface area contributed by atoms with E-state index in [9.17, 15) is 24.0 Å². The molecule has 3 atom stereocenters. The highest BCUT2D eigenvalue weighted by Gasteiger charge is 2.52. The summed E-state index contributed by atoms with van der Waals surface area (Å²) < 4.78 is 5.37. The number of Topliss-reactive ketones (excluding diaryl/α,β-unsaturated/α-hetero) is 1. The van der Waals surface area contributed by atoms with Gasteiger partial charge in [-0.05, 0) is 79.8 Å². The monoisotopic (exact) mass is 592 g/mol. The Morgan fingerprint density at radius 2 is 1.49 bits per heavy atom. The van der Waals surface area contributed by atoms with E-state index in [-0.39, 0.29) is 32.8 Å². The van der Waals surface area contributed by atoms with Crippen LogP contribution in [-0.2, 0) is 9.59 Å².